The molecule has 10 heteroatoms. The van der Waals surface area contributed by atoms with Gasteiger partial charge < -0.3 is 20.3 Å². The molecule has 3 aromatic rings. The molecule has 1 aliphatic rings. The molecular weight excluding hydrogens is 575 g/mol. The van der Waals surface area contributed by atoms with Crippen LogP contribution in [0.25, 0.3) is 0 Å². The van der Waals surface area contributed by atoms with Crippen molar-refractivity contribution >= 4 is 52.6 Å². The van der Waals surface area contributed by atoms with E-state index in [1.165, 1.54) is 5.56 Å². The molecule has 3 aromatic carbocycles. The number of aliphatic hydroxyl groups is 1. The Balaban J connectivity index is 0.000000213. The van der Waals surface area contributed by atoms with Crippen LogP contribution in [-0.2, 0) is 33.6 Å². The second-order valence-corrected chi connectivity index (χ2v) is 10.4. The number of aliphatic hydroxyl groups excluding tert-OH is 1. The van der Waals surface area contributed by atoms with Gasteiger partial charge in [0.25, 0.3) is 0 Å². The Hall–Kier alpha value is -3.10. The topological polar surface area (TPSA) is 108 Å². The molecule has 1 aliphatic heterocycles. The number of hydrogen-bond donors (Lipinski definition) is 3. The standard InChI is InChI=1S/C11H14ClNO2.C11H12ClNO.C8H7ClO2/c1-8(14)7-13-11(15)6-9-2-4-10(12)5-3-9;1-8-7-13-11(14-8)6-9-2-4-10(12)5-3-9;9-7-3-1-6(2-4-7)5-8(10)11/h2-5,8,14H,6-7H2,1H3,(H,13,15);2-5,8H,6-7H2,1H3;1-4H,5H2,(H,10,11). The molecule has 214 valence electrons. The summed E-state index contributed by atoms with van der Waals surface area (Å²) < 4.78 is 5.51. The van der Waals surface area contributed by atoms with E-state index < -0.39 is 12.1 Å². The van der Waals surface area contributed by atoms with E-state index >= 15 is 0 Å². The second-order valence-electron chi connectivity index (χ2n) is 9.12. The van der Waals surface area contributed by atoms with Crippen molar-refractivity contribution in [3.05, 3.63) is 105 Å². The minimum absolute atomic E-state index is 0.0527. The first-order valence-corrected chi connectivity index (χ1v) is 13.7. The number of nitrogens with one attached hydrogen (secondary N) is 1. The Bertz CT molecular complexity index is 1230. The molecule has 2 atom stereocenters. The van der Waals surface area contributed by atoms with E-state index in [-0.39, 0.29) is 25.0 Å². The average Bonchev–Trinajstić information content (AvgIpc) is 3.32. The van der Waals surface area contributed by atoms with Gasteiger partial charge in [-0.2, -0.15) is 0 Å². The number of carbonyl (C=O) groups is 2. The van der Waals surface area contributed by atoms with Crippen LogP contribution in [0.1, 0.15) is 30.5 Å². The number of carbonyl (C=O) groups excluding carboxylic acids is 1. The molecule has 0 fully saturated rings. The van der Waals surface area contributed by atoms with E-state index in [1.54, 1.807) is 43.3 Å². The molecule has 0 bridgehead atoms. The summed E-state index contributed by atoms with van der Waals surface area (Å²) >= 11 is 17.1. The van der Waals surface area contributed by atoms with E-state index in [0.29, 0.717) is 16.5 Å². The molecule has 2 unspecified atom stereocenters. The monoisotopic (exact) mass is 606 g/mol. The molecule has 4 rings (SSSR count). The van der Waals surface area contributed by atoms with E-state index in [4.69, 9.17) is 49.8 Å². The van der Waals surface area contributed by atoms with Gasteiger partial charge in [-0.15, -0.1) is 0 Å². The number of ether oxygens (including phenoxy) is 1. The van der Waals surface area contributed by atoms with Gasteiger partial charge in [-0.05, 0) is 66.9 Å². The van der Waals surface area contributed by atoms with Crippen molar-refractivity contribution in [1.82, 2.24) is 5.32 Å². The van der Waals surface area contributed by atoms with Crippen LogP contribution in [0.5, 0.6) is 0 Å². The van der Waals surface area contributed by atoms with Crippen molar-refractivity contribution < 1.29 is 24.5 Å². The molecule has 0 aromatic heterocycles. The van der Waals surface area contributed by atoms with E-state index in [9.17, 15) is 9.59 Å². The SMILES string of the molecule is CC(O)CNC(=O)Cc1ccc(Cl)cc1.CC1CN=C(Cc2ccc(Cl)cc2)O1.O=C(O)Cc1ccc(Cl)cc1. The Kier molecular flexibility index (Phi) is 14.5. The van der Waals surface area contributed by atoms with Crippen molar-refractivity contribution in [2.45, 2.75) is 45.3 Å². The van der Waals surface area contributed by atoms with Gasteiger partial charge in [0, 0.05) is 28.0 Å². The normalized spacial score (nSPS) is 14.3. The third-order valence-electron chi connectivity index (χ3n) is 5.27. The lowest BCUT2D eigenvalue weighted by atomic mass is 10.1. The lowest BCUT2D eigenvalue weighted by molar-refractivity contribution is -0.136. The zero-order valence-electron chi connectivity index (χ0n) is 22.3. The minimum Gasteiger partial charge on any atom is -0.481 e. The number of aliphatic imine (C=N–C) groups is 1. The van der Waals surface area contributed by atoms with Crippen LogP contribution in [0.3, 0.4) is 0 Å². The van der Waals surface area contributed by atoms with Crippen molar-refractivity contribution in [1.29, 1.82) is 0 Å². The maximum absolute atomic E-state index is 11.3. The number of hydrogen-bond acceptors (Lipinski definition) is 5. The predicted molar refractivity (Wildman–Crippen MR) is 161 cm³/mol. The highest BCUT2D eigenvalue weighted by Crippen LogP contribution is 2.13. The summed E-state index contributed by atoms with van der Waals surface area (Å²) in [5.41, 5.74) is 2.85. The van der Waals surface area contributed by atoms with Crippen LogP contribution in [0.4, 0.5) is 0 Å². The minimum atomic E-state index is -0.827. The zero-order valence-corrected chi connectivity index (χ0v) is 24.6. The number of nitrogens with zero attached hydrogens (tertiary/aromatic N) is 1. The Morgan fingerprint density at radius 1 is 0.875 bits per heavy atom. The first kappa shape index (κ1) is 33.1. The number of amides is 1. The predicted octanol–water partition coefficient (Wildman–Crippen LogP) is 6.05. The first-order chi connectivity index (χ1) is 19.0. The van der Waals surface area contributed by atoms with E-state index in [1.807, 2.05) is 43.3 Å². The quantitative estimate of drug-likeness (QED) is 0.289. The summed E-state index contributed by atoms with van der Waals surface area (Å²) in [5, 5.41) is 22.0. The number of carboxylic acid groups (broad SMARTS) is 1. The summed E-state index contributed by atoms with van der Waals surface area (Å²) in [6, 6.07) is 21.7. The number of halogens is 3. The van der Waals surface area contributed by atoms with Crippen molar-refractivity contribution in [3.8, 4) is 0 Å². The summed E-state index contributed by atoms with van der Waals surface area (Å²) in [6.07, 6.45) is 0.846. The highest BCUT2D eigenvalue weighted by molar-refractivity contribution is 6.31. The van der Waals surface area contributed by atoms with Gasteiger partial charge in [0.1, 0.15) is 6.10 Å². The molecule has 1 amide bonds. The van der Waals surface area contributed by atoms with Crippen LogP contribution in [-0.4, -0.2) is 53.3 Å². The fourth-order valence-corrected chi connectivity index (χ4v) is 3.68. The van der Waals surface area contributed by atoms with Crippen LogP contribution >= 0.6 is 34.8 Å². The lowest BCUT2D eigenvalue weighted by Gasteiger charge is -2.06. The lowest BCUT2D eigenvalue weighted by Crippen LogP contribution is -2.31. The van der Waals surface area contributed by atoms with Gasteiger partial charge in [0.2, 0.25) is 5.91 Å². The van der Waals surface area contributed by atoms with Crippen LogP contribution in [0, 0.1) is 0 Å². The first-order valence-electron chi connectivity index (χ1n) is 12.6. The van der Waals surface area contributed by atoms with Crippen molar-refractivity contribution in [2.24, 2.45) is 4.99 Å². The summed E-state index contributed by atoms with van der Waals surface area (Å²) in [5.74, 6) is -0.0923. The second kappa shape index (κ2) is 17.6. The molecule has 0 radical (unpaired) electrons. The molecule has 40 heavy (non-hydrogen) atoms. The summed E-state index contributed by atoms with van der Waals surface area (Å²) in [7, 11) is 0. The Morgan fingerprint density at radius 2 is 1.32 bits per heavy atom. The fraction of sp³-hybridized carbons (Fsp3) is 0.300. The summed E-state index contributed by atoms with van der Waals surface area (Å²) in [6.45, 7) is 4.72. The van der Waals surface area contributed by atoms with Gasteiger partial charge >= 0.3 is 5.97 Å². The Morgan fingerprint density at radius 3 is 1.73 bits per heavy atom. The van der Waals surface area contributed by atoms with Gasteiger partial charge in [-0.25, -0.2) is 0 Å². The highest BCUT2D eigenvalue weighted by Gasteiger charge is 2.14. The largest absolute Gasteiger partial charge is 0.481 e. The molecule has 7 nitrogen and oxygen atoms in total. The maximum Gasteiger partial charge on any atom is 0.307 e. The number of aliphatic carboxylic acids is 1. The molecule has 1 heterocycles. The summed E-state index contributed by atoms with van der Waals surface area (Å²) in [4.78, 5) is 25.9. The van der Waals surface area contributed by atoms with Crippen molar-refractivity contribution in [3.63, 3.8) is 0 Å². The smallest absolute Gasteiger partial charge is 0.307 e. The molecule has 0 spiro atoms. The van der Waals surface area contributed by atoms with Gasteiger partial charge in [0.15, 0.2) is 5.90 Å². The van der Waals surface area contributed by atoms with Crippen LogP contribution in [0.2, 0.25) is 15.1 Å². The molecule has 0 saturated heterocycles. The number of benzene rings is 3. The molecule has 0 aliphatic carbocycles. The van der Waals surface area contributed by atoms with E-state index in [2.05, 4.69) is 10.3 Å². The van der Waals surface area contributed by atoms with Crippen molar-refractivity contribution in [2.75, 3.05) is 13.1 Å². The number of carboxylic acids is 1. The van der Waals surface area contributed by atoms with Crippen LogP contribution < -0.4 is 5.32 Å². The van der Waals surface area contributed by atoms with Gasteiger partial charge in [0.05, 0.1) is 25.5 Å². The highest BCUT2D eigenvalue weighted by atomic mass is 35.5. The third-order valence-corrected chi connectivity index (χ3v) is 6.03. The Labute approximate surface area is 249 Å². The third kappa shape index (κ3) is 14.3. The number of rotatable bonds is 8. The van der Waals surface area contributed by atoms with Gasteiger partial charge in [-0.3, -0.25) is 14.6 Å². The maximum atomic E-state index is 11.3. The molecule has 3 N–H and O–H groups in total. The fourth-order valence-electron chi connectivity index (χ4n) is 3.30. The molecular formula is C30H33Cl3N2O5. The molecule has 0 saturated carbocycles. The van der Waals surface area contributed by atoms with Crippen LogP contribution in [0.15, 0.2) is 77.8 Å². The average molecular weight is 608 g/mol. The zero-order chi connectivity index (χ0) is 29.5. The van der Waals surface area contributed by atoms with E-state index in [0.717, 1.165) is 35.0 Å². The van der Waals surface area contributed by atoms with Gasteiger partial charge in [-0.1, -0.05) is 71.2 Å².